The first kappa shape index (κ1) is 14.4. The molecule has 1 aliphatic rings. The van der Waals surface area contributed by atoms with E-state index in [0.717, 1.165) is 24.1 Å². The maximum Gasteiger partial charge on any atom is 0.203 e. The van der Waals surface area contributed by atoms with Crippen molar-refractivity contribution in [1.82, 2.24) is 14.5 Å². The van der Waals surface area contributed by atoms with Crippen LogP contribution in [0.4, 0.5) is 5.95 Å². The van der Waals surface area contributed by atoms with Crippen LogP contribution in [0.1, 0.15) is 39.8 Å². The van der Waals surface area contributed by atoms with Gasteiger partial charge in [0.1, 0.15) is 0 Å². The van der Waals surface area contributed by atoms with Gasteiger partial charge < -0.3 is 14.8 Å². The lowest BCUT2D eigenvalue weighted by molar-refractivity contribution is 0.261. The van der Waals surface area contributed by atoms with Crippen molar-refractivity contribution < 1.29 is 0 Å². The van der Waals surface area contributed by atoms with Crippen LogP contribution in [0.25, 0.3) is 0 Å². The summed E-state index contributed by atoms with van der Waals surface area (Å²) in [4.78, 5) is 7.16. The maximum atomic E-state index is 4.59. The van der Waals surface area contributed by atoms with Crippen LogP contribution in [-0.2, 0) is 6.54 Å². The first-order valence-electron chi connectivity index (χ1n) is 7.50. The van der Waals surface area contributed by atoms with Crippen LogP contribution in [0.5, 0.6) is 0 Å². The summed E-state index contributed by atoms with van der Waals surface area (Å²) in [6, 6.07) is 1.10. The number of imidazole rings is 1. The summed E-state index contributed by atoms with van der Waals surface area (Å²) in [6.07, 6.45) is 3.47. The van der Waals surface area contributed by atoms with E-state index in [1.54, 1.807) is 0 Å². The van der Waals surface area contributed by atoms with E-state index in [0.29, 0.717) is 12.1 Å². The molecule has 1 aliphatic heterocycles. The second kappa shape index (κ2) is 5.95. The molecule has 0 saturated carbocycles. The molecule has 4 nitrogen and oxygen atoms in total. The average Bonchev–Trinajstić information content (AvgIpc) is 2.86. The van der Waals surface area contributed by atoms with Crippen LogP contribution >= 0.6 is 0 Å². The first-order valence-corrected chi connectivity index (χ1v) is 7.50. The molecule has 1 atom stereocenters. The largest absolute Gasteiger partial charge is 0.353 e. The lowest BCUT2D eigenvalue weighted by atomic mass is 10.1. The number of aromatic nitrogens is 2. The van der Waals surface area contributed by atoms with Gasteiger partial charge in [-0.3, -0.25) is 0 Å². The molecule has 0 spiro atoms. The summed E-state index contributed by atoms with van der Waals surface area (Å²) in [7, 11) is 0. The van der Waals surface area contributed by atoms with Crippen LogP contribution in [-0.4, -0.2) is 39.6 Å². The minimum Gasteiger partial charge on any atom is -0.353 e. The van der Waals surface area contributed by atoms with Crippen LogP contribution in [0.3, 0.4) is 0 Å². The highest BCUT2D eigenvalue weighted by Crippen LogP contribution is 2.22. The summed E-state index contributed by atoms with van der Waals surface area (Å²) in [6.45, 7) is 14.5. The molecule has 1 aromatic heterocycles. The number of hydrogen-bond donors (Lipinski definition) is 1. The fourth-order valence-electron chi connectivity index (χ4n) is 2.82. The predicted octanol–water partition coefficient (Wildman–Crippen LogP) is 2.74. The highest BCUT2D eigenvalue weighted by Gasteiger charge is 2.25. The molecular weight excluding hydrogens is 236 g/mol. The van der Waals surface area contributed by atoms with Gasteiger partial charge in [-0.05, 0) is 53.5 Å². The van der Waals surface area contributed by atoms with Crippen molar-refractivity contribution in [3.63, 3.8) is 0 Å². The molecule has 19 heavy (non-hydrogen) atoms. The number of rotatable bonds is 5. The van der Waals surface area contributed by atoms with E-state index >= 15 is 0 Å². The van der Waals surface area contributed by atoms with Crippen molar-refractivity contribution in [2.75, 3.05) is 18.4 Å². The number of nitrogens with zero attached hydrogens (tertiary/aromatic N) is 3. The zero-order valence-corrected chi connectivity index (χ0v) is 13.0. The molecule has 2 heterocycles. The highest BCUT2D eigenvalue weighted by molar-refractivity contribution is 5.29. The Bertz CT molecular complexity index is 408. The Morgan fingerprint density at radius 2 is 2.11 bits per heavy atom. The highest BCUT2D eigenvalue weighted by atomic mass is 15.2. The SMILES string of the molecule is Cc1cn(CC2CCN(C(C)C)C2)c(NC(C)C)n1. The van der Waals surface area contributed by atoms with Gasteiger partial charge in [0.25, 0.3) is 0 Å². The molecule has 1 aromatic rings. The lowest BCUT2D eigenvalue weighted by Gasteiger charge is -2.20. The Hall–Kier alpha value is -1.03. The van der Waals surface area contributed by atoms with Gasteiger partial charge in [-0.25, -0.2) is 4.98 Å². The molecule has 0 bridgehead atoms. The normalized spacial score (nSPS) is 20.7. The number of aryl methyl sites for hydroxylation is 1. The van der Waals surface area contributed by atoms with Crippen molar-refractivity contribution in [3.8, 4) is 0 Å². The molecule has 4 heteroatoms. The second-order valence-corrected chi connectivity index (χ2v) is 6.40. The Morgan fingerprint density at radius 1 is 1.37 bits per heavy atom. The summed E-state index contributed by atoms with van der Waals surface area (Å²) in [5, 5.41) is 3.44. The van der Waals surface area contributed by atoms with E-state index in [2.05, 4.69) is 60.6 Å². The standard InChI is InChI=1S/C15H28N4/c1-11(2)16-15-17-13(5)8-19(15)10-14-6-7-18(9-14)12(3)4/h8,11-12,14H,6-7,9-10H2,1-5H3,(H,16,17). The van der Waals surface area contributed by atoms with E-state index in [1.807, 2.05) is 0 Å². The monoisotopic (exact) mass is 264 g/mol. The lowest BCUT2D eigenvalue weighted by Crippen LogP contribution is -2.29. The van der Waals surface area contributed by atoms with Crippen LogP contribution < -0.4 is 5.32 Å². The van der Waals surface area contributed by atoms with Crippen LogP contribution in [0.15, 0.2) is 6.20 Å². The molecule has 0 aliphatic carbocycles. The molecule has 1 saturated heterocycles. The smallest absolute Gasteiger partial charge is 0.203 e. The predicted molar refractivity (Wildman–Crippen MR) is 80.5 cm³/mol. The van der Waals surface area contributed by atoms with Gasteiger partial charge in [0.05, 0.1) is 5.69 Å². The first-order chi connectivity index (χ1) is 8.95. The molecule has 0 aromatic carbocycles. The van der Waals surface area contributed by atoms with Crippen molar-refractivity contribution in [3.05, 3.63) is 11.9 Å². The summed E-state index contributed by atoms with van der Waals surface area (Å²) in [5.74, 6) is 1.78. The van der Waals surface area contributed by atoms with Crippen molar-refractivity contribution in [2.24, 2.45) is 5.92 Å². The Kier molecular flexibility index (Phi) is 4.50. The minimum absolute atomic E-state index is 0.427. The van der Waals surface area contributed by atoms with Gasteiger partial charge in [-0.15, -0.1) is 0 Å². The van der Waals surface area contributed by atoms with Gasteiger partial charge in [0.15, 0.2) is 0 Å². The van der Waals surface area contributed by atoms with Crippen molar-refractivity contribution in [1.29, 1.82) is 0 Å². The summed E-state index contributed by atoms with van der Waals surface area (Å²) < 4.78 is 2.30. The van der Waals surface area contributed by atoms with Gasteiger partial charge in [0.2, 0.25) is 5.95 Å². The average molecular weight is 264 g/mol. The zero-order valence-electron chi connectivity index (χ0n) is 13.0. The zero-order chi connectivity index (χ0) is 14.0. The van der Waals surface area contributed by atoms with E-state index in [1.165, 1.54) is 19.5 Å². The van der Waals surface area contributed by atoms with Crippen LogP contribution in [0.2, 0.25) is 0 Å². The van der Waals surface area contributed by atoms with Crippen molar-refractivity contribution in [2.45, 2.75) is 59.7 Å². The molecule has 1 N–H and O–H groups in total. The number of nitrogens with one attached hydrogen (secondary N) is 1. The number of hydrogen-bond acceptors (Lipinski definition) is 3. The third-order valence-corrected chi connectivity index (χ3v) is 3.82. The van der Waals surface area contributed by atoms with Crippen LogP contribution in [0, 0.1) is 12.8 Å². The van der Waals surface area contributed by atoms with Crippen molar-refractivity contribution >= 4 is 5.95 Å². The third kappa shape index (κ3) is 3.72. The fourth-order valence-corrected chi connectivity index (χ4v) is 2.82. The molecule has 1 fully saturated rings. The van der Waals surface area contributed by atoms with Gasteiger partial charge >= 0.3 is 0 Å². The molecule has 0 radical (unpaired) electrons. The van der Waals surface area contributed by atoms with E-state index in [4.69, 9.17) is 0 Å². The number of likely N-dealkylation sites (tertiary alicyclic amines) is 1. The fraction of sp³-hybridized carbons (Fsp3) is 0.800. The minimum atomic E-state index is 0.427. The summed E-state index contributed by atoms with van der Waals surface area (Å²) in [5.41, 5.74) is 1.10. The quantitative estimate of drug-likeness (QED) is 0.887. The molecular formula is C15H28N4. The summed E-state index contributed by atoms with van der Waals surface area (Å²) >= 11 is 0. The Morgan fingerprint density at radius 3 is 2.68 bits per heavy atom. The number of anilines is 1. The molecule has 0 amide bonds. The molecule has 108 valence electrons. The molecule has 2 rings (SSSR count). The van der Waals surface area contributed by atoms with Gasteiger partial charge in [-0.1, -0.05) is 0 Å². The topological polar surface area (TPSA) is 33.1 Å². The van der Waals surface area contributed by atoms with E-state index < -0.39 is 0 Å². The molecule has 1 unspecified atom stereocenters. The van der Waals surface area contributed by atoms with Gasteiger partial charge in [-0.2, -0.15) is 0 Å². The Balaban J connectivity index is 1.99. The Labute approximate surface area is 117 Å². The van der Waals surface area contributed by atoms with Gasteiger partial charge in [0, 0.05) is 31.4 Å². The van der Waals surface area contributed by atoms with E-state index in [9.17, 15) is 0 Å². The van der Waals surface area contributed by atoms with E-state index in [-0.39, 0.29) is 0 Å². The third-order valence-electron chi connectivity index (χ3n) is 3.82. The maximum absolute atomic E-state index is 4.59. The second-order valence-electron chi connectivity index (χ2n) is 6.40.